The van der Waals surface area contributed by atoms with Crippen LogP contribution >= 0.6 is 0 Å². The van der Waals surface area contributed by atoms with E-state index < -0.39 is 11.4 Å². The van der Waals surface area contributed by atoms with Gasteiger partial charge in [0.1, 0.15) is 5.56 Å². The zero-order chi connectivity index (χ0) is 22.7. The molecule has 3 heterocycles. The van der Waals surface area contributed by atoms with Gasteiger partial charge in [-0.3, -0.25) is 4.79 Å². The summed E-state index contributed by atoms with van der Waals surface area (Å²) in [6, 6.07) is 1.38. The first-order chi connectivity index (χ1) is 14.8. The fourth-order valence-electron chi connectivity index (χ4n) is 4.15. The molecule has 0 aromatic carbocycles. The Morgan fingerprint density at radius 2 is 2.06 bits per heavy atom. The van der Waals surface area contributed by atoms with Crippen LogP contribution in [0.1, 0.15) is 54.8 Å². The Kier molecular flexibility index (Phi) is 7.00. The second kappa shape index (κ2) is 9.51. The maximum atomic E-state index is 12.6. The van der Waals surface area contributed by atoms with Crippen molar-refractivity contribution < 1.29 is 24.1 Å². The monoisotopic (exact) mass is 430 g/mol. The van der Waals surface area contributed by atoms with Crippen molar-refractivity contribution in [1.29, 1.82) is 0 Å². The number of fused-ring (bicyclic) bond motifs is 3. The lowest BCUT2D eigenvalue weighted by atomic mass is 9.87. The molecule has 0 saturated carbocycles. The summed E-state index contributed by atoms with van der Waals surface area (Å²) in [5.41, 5.74) is 2.48. The van der Waals surface area contributed by atoms with Crippen LogP contribution in [0.25, 0.3) is 11.3 Å². The van der Waals surface area contributed by atoms with Gasteiger partial charge in [0.05, 0.1) is 25.1 Å². The molecule has 1 aliphatic rings. The molecule has 0 aliphatic carbocycles. The van der Waals surface area contributed by atoms with Gasteiger partial charge in [0.25, 0.3) is 5.88 Å². The molecule has 0 saturated heterocycles. The minimum absolute atomic E-state index is 0.0341. The van der Waals surface area contributed by atoms with Gasteiger partial charge in [-0.25, -0.2) is 9.78 Å². The molecule has 31 heavy (non-hydrogen) atoms. The Labute approximate surface area is 181 Å². The summed E-state index contributed by atoms with van der Waals surface area (Å²) < 4.78 is 18.6. The number of ether oxygens (including phenoxy) is 3. The standard InChI is InChI=1S/C23H30N2O6/c1-6-14-20-16(24-22(21(14)30-5)31-9-7-8-29-4)10-17(13(2)3)25-12-15(23(27)28)19(26)11-18(20)25/h11-13,17H,6-10H2,1-5H3,(H,27,28). The summed E-state index contributed by atoms with van der Waals surface area (Å²) >= 11 is 0. The van der Waals surface area contributed by atoms with E-state index in [1.807, 2.05) is 11.5 Å². The average molecular weight is 431 g/mol. The fourth-order valence-corrected chi connectivity index (χ4v) is 4.15. The number of aromatic nitrogens is 2. The number of carbonyl (C=O) groups is 1. The van der Waals surface area contributed by atoms with Gasteiger partial charge in [-0.1, -0.05) is 20.8 Å². The summed E-state index contributed by atoms with van der Waals surface area (Å²) in [4.78, 5) is 28.9. The molecule has 2 aromatic rings. The van der Waals surface area contributed by atoms with Crippen molar-refractivity contribution in [3.63, 3.8) is 0 Å². The fraction of sp³-hybridized carbons (Fsp3) is 0.522. The minimum atomic E-state index is -1.22. The Morgan fingerprint density at radius 1 is 1.32 bits per heavy atom. The van der Waals surface area contributed by atoms with Crippen molar-refractivity contribution >= 4 is 5.97 Å². The highest BCUT2D eigenvalue weighted by Gasteiger charge is 2.32. The molecule has 2 aromatic heterocycles. The van der Waals surface area contributed by atoms with E-state index in [4.69, 9.17) is 19.2 Å². The number of hydrogen-bond donors (Lipinski definition) is 1. The first-order valence-electron chi connectivity index (χ1n) is 10.5. The lowest BCUT2D eigenvalue weighted by molar-refractivity contribution is 0.0694. The molecule has 1 N–H and O–H groups in total. The van der Waals surface area contributed by atoms with Gasteiger partial charge < -0.3 is 23.9 Å². The number of methoxy groups -OCH3 is 2. The van der Waals surface area contributed by atoms with Crippen LogP contribution in [-0.2, 0) is 17.6 Å². The predicted octanol–water partition coefficient (Wildman–Crippen LogP) is 3.35. The van der Waals surface area contributed by atoms with Crippen molar-refractivity contribution in [1.82, 2.24) is 9.55 Å². The third-order valence-electron chi connectivity index (χ3n) is 5.68. The highest BCUT2D eigenvalue weighted by molar-refractivity contribution is 5.88. The summed E-state index contributed by atoms with van der Waals surface area (Å²) in [6.45, 7) is 7.19. The summed E-state index contributed by atoms with van der Waals surface area (Å²) in [6.07, 6.45) is 3.44. The van der Waals surface area contributed by atoms with E-state index in [1.165, 1.54) is 12.3 Å². The number of pyridine rings is 2. The largest absolute Gasteiger partial charge is 0.491 e. The zero-order valence-corrected chi connectivity index (χ0v) is 18.7. The van der Waals surface area contributed by atoms with Crippen LogP contribution in [0.4, 0.5) is 0 Å². The molecule has 1 atom stereocenters. The zero-order valence-electron chi connectivity index (χ0n) is 18.7. The highest BCUT2D eigenvalue weighted by atomic mass is 16.5. The molecule has 0 spiro atoms. The van der Waals surface area contributed by atoms with Crippen molar-refractivity contribution in [2.24, 2.45) is 5.92 Å². The molecular formula is C23H30N2O6. The van der Waals surface area contributed by atoms with E-state index in [0.717, 1.165) is 23.2 Å². The van der Waals surface area contributed by atoms with Crippen molar-refractivity contribution in [3.8, 4) is 22.9 Å². The third kappa shape index (κ3) is 4.30. The maximum Gasteiger partial charge on any atom is 0.341 e. The average Bonchev–Trinajstić information content (AvgIpc) is 2.74. The second-order valence-corrected chi connectivity index (χ2v) is 7.96. The van der Waals surface area contributed by atoms with Gasteiger partial charge in [0.2, 0.25) is 0 Å². The van der Waals surface area contributed by atoms with Crippen LogP contribution in [0, 0.1) is 5.92 Å². The van der Waals surface area contributed by atoms with E-state index in [-0.39, 0.29) is 17.5 Å². The molecular weight excluding hydrogens is 400 g/mol. The second-order valence-electron chi connectivity index (χ2n) is 7.96. The Hall–Kier alpha value is -2.87. The summed E-state index contributed by atoms with van der Waals surface area (Å²) in [5.74, 6) is -0.0337. The van der Waals surface area contributed by atoms with Crippen LogP contribution in [0.2, 0.25) is 0 Å². The third-order valence-corrected chi connectivity index (χ3v) is 5.68. The number of rotatable bonds is 9. The van der Waals surface area contributed by atoms with E-state index in [9.17, 15) is 14.7 Å². The van der Waals surface area contributed by atoms with Gasteiger partial charge in [-0.2, -0.15) is 0 Å². The number of nitrogens with zero attached hydrogens (tertiary/aromatic N) is 2. The Morgan fingerprint density at radius 3 is 2.65 bits per heavy atom. The van der Waals surface area contributed by atoms with Gasteiger partial charge in [0.15, 0.2) is 11.2 Å². The van der Waals surface area contributed by atoms with Crippen molar-refractivity contribution in [2.75, 3.05) is 27.4 Å². The van der Waals surface area contributed by atoms with Gasteiger partial charge in [0, 0.05) is 56.0 Å². The first kappa shape index (κ1) is 22.8. The van der Waals surface area contributed by atoms with Crippen LogP contribution in [0.15, 0.2) is 17.1 Å². The summed E-state index contributed by atoms with van der Waals surface area (Å²) in [7, 11) is 3.22. The first-order valence-corrected chi connectivity index (χ1v) is 10.5. The SMILES string of the molecule is CCc1c(OC)c(OCCCOC)nc2c1-c1cc(=O)c(C(=O)O)cn1C(C(C)C)C2. The molecule has 168 valence electrons. The summed E-state index contributed by atoms with van der Waals surface area (Å²) in [5, 5.41) is 9.46. The molecule has 0 fully saturated rings. The lowest BCUT2D eigenvalue weighted by Crippen LogP contribution is -2.29. The molecule has 1 unspecified atom stereocenters. The number of carboxylic acid groups (broad SMARTS) is 1. The Bertz CT molecular complexity index is 1030. The molecule has 8 heteroatoms. The molecule has 1 aliphatic heterocycles. The quantitative estimate of drug-likeness (QED) is 0.609. The molecule has 0 amide bonds. The van der Waals surface area contributed by atoms with E-state index in [2.05, 4.69) is 13.8 Å². The molecule has 3 rings (SSSR count). The van der Waals surface area contributed by atoms with E-state index in [0.29, 0.717) is 43.4 Å². The van der Waals surface area contributed by atoms with Gasteiger partial charge in [-0.05, 0) is 12.3 Å². The van der Waals surface area contributed by atoms with Crippen molar-refractivity contribution in [3.05, 3.63) is 39.3 Å². The van der Waals surface area contributed by atoms with Crippen LogP contribution in [0.3, 0.4) is 0 Å². The molecule has 0 radical (unpaired) electrons. The predicted molar refractivity (Wildman–Crippen MR) is 116 cm³/mol. The smallest absolute Gasteiger partial charge is 0.341 e. The van der Waals surface area contributed by atoms with Crippen LogP contribution < -0.4 is 14.9 Å². The number of hydrogen-bond acceptors (Lipinski definition) is 6. The highest BCUT2D eigenvalue weighted by Crippen LogP contribution is 2.44. The molecule has 0 bridgehead atoms. The van der Waals surface area contributed by atoms with Crippen LogP contribution in [-0.4, -0.2) is 48.1 Å². The lowest BCUT2D eigenvalue weighted by Gasteiger charge is -2.34. The Balaban J connectivity index is 2.22. The van der Waals surface area contributed by atoms with E-state index >= 15 is 0 Å². The minimum Gasteiger partial charge on any atom is -0.491 e. The van der Waals surface area contributed by atoms with Crippen molar-refractivity contribution in [2.45, 2.75) is 46.1 Å². The normalized spacial score (nSPS) is 14.8. The van der Waals surface area contributed by atoms with Gasteiger partial charge >= 0.3 is 5.97 Å². The number of carboxylic acids is 1. The maximum absolute atomic E-state index is 12.6. The number of aromatic carboxylic acids is 1. The van der Waals surface area contributed by atoms with Gasteiger partial charge in [-0.15, -0.1) is 0 Å². The van der Waals surface area contributed by atoms with E-state index in [1.54, 1.807) is 14.2 Å². The topological polar surface area (TPSA) is 99.9 Å². The van der Waals surface area contributed by atoms with Crippen LogP contribution in [0.5, 0.6) is 11.6 Å². The molecule has 8 nitrogen and oxygen atoms in total.